The average molecular weight is 250 g/mol. The van der Waals surface area contributed by atoms with Crippen molar-refractivity contribution in [3.05, 3.63) is 35.5 Å². The van der Waals surface area contributed by atoms with Gasteiger partial charge < -0.3 is 9.47 Å². The first kappa shape index (κ1) is 14.9. The van der Waals surface area contributed by atoms with Gasteiger partial charge in [0.15, 0.2) is 6.29 Å². The van der Waals surface area contributed by atoms with Gasteiger partial charge in [-0.2, -0.15) is 0 Å². The molecule has 0 aromatic heterocycles. The number of hydrogen-bond donors (Lipinski definition) is 0. The summed E-state index contributed by atoms with van der Waals surface area (Å²) in [4.78, 5) is 10.4. The van der Waals surface area contributed by atoms with Gasteiger partial charge >= 0.3 is 0 Å². The van der Waals surface area contributed by atoms with Crippen molar-refractivity contribution in [1.82, 2.24) is 0 Å². The number of aldehydes is 1. The van der Waals surface area contributed by atoms with Crippen LogP contribution in [0.25, 0.3) is 0 Å². The summed E-state index contributed by atoms with van der Waals surface area (Å²) in [7, 11) is 0. The van der Waals surface area contributed by atoms with Gasteiger partial charge in [0.2, 0.25) is 0 Å². The van der Waals surface area contributed by atoms with E-state index in [9.17, 15) is 4.79 Å². The van der Waals surface area contributed by atoms with Crippen LogP contribution in [0.2, 0.25) is 0 Å². The molecule has 18 heavy (non-hydrogen) atoms. The lowest BCUT2D eigenvalue weighted by Gasteiger charge is -2.34. The smallest absolute Gasteiger partial charge is 0.179 e. The third-order valence-corrected chi connectivity index (χ3v) is 2.64. The van der Waals surface area contributed by atoms with Crippen LogP contribution in [0.4, 0.5) is 0 Å². The molecule has 0 unspecified atom stereocenters. The van der Waals surface area contributed by atoms with Crippen LogP contribution in [0.15, 0.2) is 35.5 Å². The minimum Gasteiger partial charge on any atom is -0.348 e. The van der Waals surface area contributed by atoms with Crippen molar-refractivity contribution in [1.29, 1.82) is 0 Å². The number of ether oxygens (including phenoxy) is 2. The molecule has 0 N–H and O–H groups in total. The number of carbonyl (C=O) groups is 1. The maximum atomic E-state index is 10.4. The second-order valence-electron chi connectivity index (χ2n) is 5.44. The van der Waals surface area contributed by atoms with Gasteiger partial charge in [-0.1, -0.05) is 38.2 Å². The van der Waals surface area contributed by atoms with E-state index >= 15 is 0 Å². The van der Waals surface area contributed by atoms with E-state index in [0.717, 1.165) is 11.9 Å². The minimum absolute atomic E-state index is 0.0937. The summed E-state index contributed by atoms with van der Waals surface area (Å²) in [5, 5.41) is 0. The molecule has 3 heteroatoms. The number of allylic oxidation sites excluding steroid dienone is 5. The van der Waals surface area contributed by atoms with Crippen LogP contribution in [0.3, 0.4) is 0 Å². The lowest BCUT2D eigenvalue weighted by Crippen LogP contribution is -2.38. The molecule has 3 nitrogen and oxygen atoms in total. The summed E-state index contributed by atoms with van der Waals surface area (Å²) in [6.45, 7) is 9.39. The van der Waals surface area contributed by atoms with E-state index in [1.165, 1.54) is 0 Å². The summed E-state index contributed by atoms with van der Waals surface area (Å²) >= 11 is 0. The van der Waals surface area contributed by atoms with Gasteiger partial charge in [0.1, 0.15) is 6.29 Å². The molecule has 0 aromatic rings. The van der Waals surface area contributed by atoms with Gasteiger partial charge in [0.05, 0.1) is 13.2 Å². The molecule has 1 saturated heterocycles. The van der Waals surface area contributed by atoms with Crippen molar-refractivity contribution in [3.8, 4) is 0 Å². The first-order valence-electron chi connectivity index (χ1n) is 6.15. The van der Waals surface area contributed by atoms with E-state index in [1.807, 2.05) is 25.2 Å². The first-order valence-corrected chi connectivity index (χ1v) is 6.15. The Morgan fingerprint density at radius 1 is 1.11 bits per heavy atom. The molecule has 1 fully saturated rings. The van der Waals surface area contributed by atoms with Crippen molar-refractivity contribution < 1.29 is 14.3 Å². The lowest BCUT2D eigenvalue weighted by atomic mass is 9.95. The summed E-state index contributed by atoms with van der Waals surface area (Å²) in [6.07, 6.45) is 8.00. The standard InChI is InChI=1S/C15H22O3/c1-12(9-16)7-5-6-8-13(2)14-17-10-15(3,4)11-18-14/h5-9,14H,10-11H2,1-4H3. The Balaban J connectivity index is 2.50. The number of hydrogen-bond acceptors (Lipinski definition) is 3. The largest absolute Gasteiger partial charge is 0.348 e. The van der Waals surface area contributed by atoms with Crippen LogP contribution >= 0.6 is 0 Å². The quantitative estimate of drug-likeness (QED) is 0.437. The van der Waals surface area contributed by atoms with Gasteiger partial charge in [0, 0.05) is 5.41 Å². The number of rotatable bonds is 4. The van der Waals surface area contributed by atoms with E-state index in [2.05, 4.69) is 13.8 Å². The Labute approximate surface area is 109 Å². The molecule has 1 aliphatic heterocycles. The molecule has 1 aliphatic rings. The Hall–Kier alpha value is -1.19. The molecule has 0 aliphatic carbocycles. The van der Waals surface area contributed by atoms with Gasteiger partial charge in [-0.15, -0.1) is 0 Å². The van der Waals surface area contributed by atoms with Crippen LogP contribution < -0.4 is 0 Å². The molecule has 1 rings (SSSR count). The SMILES string of the molecule is CC(C=O)=CC=CC=C(C)C1OCC(C)(C)CO1. The molecular formula is C15H22O3. The first-order chi connectivity index (χ1) is 8.44. The van der Waals surface area contributed by atoms with E-state index in [0.29, 0.717) is 18.8 Å². The third kappa shape index (κ3) is 4.98. The van der Waals surface area contributed by atoms with Gasteiger partial charge in [-0.25, -0.2) is 0 Å². The maximum Gasteiger partial charge on any atom is 0.179 e. The van der Waals surface area contributed by atoms with E-state index in [4.69, 9.17) is 9.47 Å². The normalized spacial score (nSPS) is 22.4. The monoisotopic (exact) mass is 250 g/mol. The van der Waals surface area contributed by atoms with E-state index in [1.54, 1.807) is 13.0 Å². The van der Waals surface area contributed by atoms with Gasteiger partial charge in [-0.3, -0.25) is 4.79 Å². The van der Waals surface area contributed by atoms with Crippen molar-refractivity contribution in [2.75, 3.05) is 13.2 Å². The summed E-state index contributed by atoms with van der Waals surface area (Å²) in [5.74, 6) is 0. The zero-order valence-electron chi connectivity index (χ0n) is 11.6. The molecule has 1 heterocycles. The zero-order valence-corrected chi connectivity index (χ0v) is 11.6. The summed E-state index contributed by atoms with van der Waals surface area (Å²) in [6, 6.07) is 0. The molecule has 0 radical (unpaired) electrons. The zero-order chi connectivity index (χ0) is 13.6. The molecule has 100 valence electrons. The van der Waals surface area contributed by atoms with Gasteiger partial charge in [-0.05, 0) is 25.0 Å². The third-order valence-electron chi connectivity index (χ3n) is 2.64. The molecule has 0 amide bonds. The molecule has 0 atom stereocenters. The lowest BCUT2D eigenvalue weighted by molar-refractivity contribution is -0.202. The topological polar surface area (TPSA) is 35.5 Å². The van der Waals surface area contributed by atoms with E-state index in [-0.39, 0.29) is 11.7 Å². The summed E-state index contributed by atoms with van der Waals surface area (Å²) < 4.78 is 11.3. The Kier molecular flexibility index (Phi) is 5.51. The second-order valence-corrected chi connectivity index (χ2v) is 5.44. The molecular weight excluding hydrogens is 228 g/mol. The molecule has 0 spiro atoms. The molecule has 0 bridgehead atoms. The van der Waals surface area contributed by atoms with Crippen molar-refractivity contribution in [2.24, 2.45) is 5.41 Å². The highest BCUT2D eigenvalue weighted by molar-refractivity contribution is 5.72. The highest BCUT2D eigenvalue weighted by Crippen LogP contribution is 2.25. The fourth-order valence-electron chi connectivity index (χ4n) is 1.49. The predicted octanol–water partition coefficient (Wildman–Crippen LogP) is 3.03. The minimum atomic E-state index is -0.251. The van der Waals surface area contributed by atoms with Crippen LogP contribution in [0, 0.1) is 5.41 Å². The molecule has 0 aromatic carbocycles. The van der Waals surface area contributed by atoms with Crippen LogP contribution in [-0.4, -0.2) is 25.8 Å². The number of carbonyl (C=O) groups excluding carboxylic acids is 1. The highest BCUT2D eigenvalue weighted by Gasteiger charge is 2.28. The van der Waals surface area contributed by atoms with Gasteiger partial charge in [0.25, 0.3) is 0 Å². The van der Waals surface area contributed by atoms with Crippen LogP contribution in [0.5, 0.6) is 0 Å². The fourth-order valence-corrected chi connectivity index (χ4v) is 1.49. The Morgan fingerprint density at radius 2 is 1.67 bits per heavy atom. The second kappa shape index (κ2) is 6.66. The highest BCUT2D eigenvalue weighted by atomic mass is 16.7. The molecule has 0 saturated carbocycles. The van der Waals surface area contributed by atoms with Crippen LogP contribution in [-0.2, 0) is 14.3 Å². The Bertz CT molecular complexity index is 365. The van der Waals surface area contributed by atoms with Crippen molar-refractivity contribution >= 4 is 6.29 Å². The van der Waals surface area contributed by atoms with Crippen molar-refractivity contribution in [3.63, 3.8) is 0 Å². The maximum absolute atomic E-state index is 10.4. The Morgan fingerprint density at radius 3 is 2.22 bits per heavy atom. The fraction of sp³-hybridized carbons (Fsp3) is 0.533. The van der Waals surface area contributed by atoms with E-state index < -0.39 is 0 Å². The summed E-state index contributed by atoms with van der Waals surface area (Å²) in [5.41, 5.74) is 1.82. The predicted molar refractivity (Wildman–Crippen MR) is 72.2 cm³/mol. The van der Waals surface area contributed by atoms with Crippen LogP contribution in [0.1, 0.15) is 27.7 Å². The van der Waals surface area contributed by atoms with Crippen molar-refractivity contribution in [2.45, 2.75) is 34.0 Å². The average Bonchev–Trinajstić information content (AvgIpc) is 2.33.